The number of halogens is 1. The SMILES string of the molecule is NCCCC(=O)c1ccc2[nH]ccc2c1Cl. The fourth-order valence-electron chi connectivity index (χ4n) is 1.71. The van der Waals surface area contributed by atoms with E-state index in [9.17, 15) is 4.79 Å². The standard InChI is InChI=1S/C12H13ClN2O/c13-12-8-5-7-15-10(8)4-3-9(12)11(16)2-1-6-14/h3-5,7,15H,1-2,6,14H2. The van der Waals surface area contributed by atoms with Gasteiger partial charge in [-0.2, -0.15) is 0 Å². The van der Waals surface area contributed by atoms with Crippen molar-refractivity contribution in [3.05, 3.63) is 35.0 Å². The molecule has 0 aliphatic carbocycles. The fourth-order valence-corrected chi connectivity index (χ4v) is 2.04. The van der Waals surface area contributed by atoms with E-state index in [0.29, 0.717) is 30.0 Å². The molecular weight excluding hydrogens is 224 g/mol. The summed E-state index contributed by atoms with van der Waals surface area (Å²) >= 11 is 6.18. The monoisotopic (exact) mass is 236 g/mol. The van der Waals surface area contributed by atoms with Gasteiger partial charge in [0.15, 0.2) is 5.78 Å². The lowest BCUT2D eigenvalue weighted by atomic mass is 10.0. The predicted molar refractivity (Wildman–Crippen MR) is 65.9 cm³/mol. The van der Waals surface area contributed by atoms with Gasteiger partial charge in [0.05, 0.1) is 5.02 Å². The quantitative estimate of drug-likeness (QED) is 0.802. The number of nitrogens with one attached hydrogen (secondary N) is 1. The highest BCUT2D eigenvalue weighted by Crippen LogP contribution is 2.27. The molecule has 16 heavy (non-hydrogen) atoms. The maximum absolute atomic E-state index is 11.8. The number of carbonyl (C=O) groups is 1. The Labute approximate surface area is 98.6 Å². The van der Waals surface area contributed by atoms with E-state index in [4.69, 9.17) is 17.3 Å². The number of hydrogen-bond donors (Lipinski definition) is 2. The third-order valence-electron chi connectivity index (χ3n) is 2.58. The molecule has 0 saturated carbocycles. The van der Waals surface area contributed by atoms with Crippen LogP contribution >= 0.6 is 11.6 Å². The molecule has 2 rings (SSSR count). The molecule has 3 nitrogen and oxygen atoms in total. The van der Waals surface area contributed by atoms with Gasteiger partial charge in [-0.05, 0) is 31.2 Å². The second-order valence-electron chi connectivity index (χ2n) is 3.68. The number of aromatic nitrogens is 1. The maximum Gasteiger partial charge on any atom is 0.164 e. The van der Waals surface area contributed by atoms with E-state index in [1.54, 1.807) is 6.07 Å². The van der Waals surface area contributed by atoms with E-state index < -0.39 is 0 Å². The second kappa shape index (κ2) is 4.68. The van der Waals surface area contributed by atoms with Crippen molar-refractivity contribution in [2.24, 2.45) is 5.73 Å². The summed E-state index contributed by atoms with van der Waals surface area (Å²) in [7, 11) is 0. The zero-order valence-corrected chi connectivity index (χ0v) is 9.55. The first-order chi connectivity index (χ1) is 7.74. The molecular formula is C12H13ClN2O. The number of rotatable bonds is 4. The van der Waals surface area contributed by atoms with E-state index in [0.717, 1.165) is 10.9 Å². The van der Waals surface area contributed by atoms with Crippen LogP contribution in [0.15, 0.2) is 24.4 Å². The lowest BCUT2D eigenvalue weighted by Crippen LogP contribution is -2.05. The van der Waals surface area contributed by atoms with Crippen molar-refractivity contribution in [2.75, 3.05) is 6.54 Å². The molecule has 0 unspecified atom stereocenters. The lowest BCUT2D eigenvalue weighted by Gasteiger charge is -2.04. The van der Waals surface area contributed by atoms with Crippen LogP contribution < -0.4 is 5.73 Å². The topological polar surface area (TPSA) is 58.9 Å². The van der Waals surface area contributed by atoms with Gasteiger partial charge in [-0.15, -0.1) is 0 Å². The molecule has 1 aromatic heterocycles. The van der Waals surface area contributed by atoms with E-state index in [2.05, 4.69) is 4.98 Å². The molecule has 2 aromatic rings. The highest BCUT2D eigenvalue weighted by atomic mass is 35.5. The summed E-state index contributed by atoms with van der Waals surface area (Å²) in [5.41, 5.74) is 6.91. The molecule has 1 aromatic carbocycles. The molecule has 0 amide bonds. The van der Waals surface area contributed by atoms with Crippen LogP contribution in [-0.2, 0) is 0 Å². The van der Waals surface area contributed by atoms with Gasteiger partial charge < -0.3 is 10.7 Å². The zero-order valence-electron chi connectivity index (χ0n) is 8.79. The summed E-state index contributed by atoms with van der Waals surface area (Å²) in [5.74, 6) is 0.0542. The minimum absolute atomic E-state index is 0.0542. The predicted octanol–water partition coefficient (Wildman–Crippen LogP) is 2.74. The van der Waals surface area contributed by atoms with Gasteiger partial charge in [0.1, 0.15) is 0 Å². The summed E-state index contributed by atoms with van der Waals surface area (Å²) in [5, 5.41) is 1.42. The molecule has 3 N–H and O–H groups in total. The lowest BCUT2D eigenvalue weighted by molar-refractivity contribution is 0.0981. The molecule has 0 aliphatic heterocycles. The first-order valence-corrected chi connectivity index (χ1v) is 5.60. The molecule has 0 spiro atoms. The van der Waals surface area contributed by atoms with Gasteiger partial charge in [0, 0.05) is 29.1 Å². The molecule has 0 aliphatic rings. The largest absolute Gasteiger partial charge is 0.361 e. The first-order valence-electron chi connectivity index (χ1n) is 5.23. The van der Waals surface area contributed by atoms with Gasteiger partial charge in [-0.1, -0.05) is 11.6 Å². The Hall–Kier alpha value is -1.32. The third kappa shape index (κ3) is 1.96. The van der Waals surface area contributed by atoms with E-state index in [1.807, 2.05) is 18.3 Å². The fraction of sp³-hybridized carbons (Fsp3) is 0.250. The summed E-state index contributed by atoms with van der Waals surface area (Å²) < 4.78 is 0. The number of fused-ring (bicyclic) bond motifs is 1. The summed E-state index contributed by atoms with van der Waals surface area (Å²) in [6.07, 6.45) is 2.96. The molecule has 0 atom stereocenters. The Morgan fingerprint density at radius 1 is 1.38 bits per heavy atom. The van der Waals surface area contributed by atoms with E-state index >= 15 is 0 Å². The summed E-state index contributed by atoms with van der Waals surface area (Å²) in [4.78, 5) is 14.9. The summed E-state index contributed by atoms with van der Waals surface area (Å²) in [6, 6.07) is 5.51. The number of H-pyrrole nitrogens is 1. The average Bonchev–Trinajstić information content (AvgIpc) is 2.75. The molecule has 0 saturated heterocycles. The van der Waals surface area contributed by atoms with Crippen LogP contribution in [0.3, 0.4) is 0 Å². The Kier molecular flexibility index (Phi) is 3.27. The van der Waals surface area contributed by atoms with Crippen molar-refractivity contribution >= 4 is 28.3 Å². The van der Waals surface area contributed by atoms with Crippen molar-refractivity contribution in [3.8, 4) is 0 Å². The smallest absolute Gasteiger partial charge is 0.164 e. The number of aromatic amines is 1. The number of ketones is 1. The van der Waals surface area contributed by atoms with Crippen LogP contribution in [0, 0.1) is 0 Å². The van der Waals surface area contributed by atoms with Gasteiger partial charge in [-0.3, -0.25) is 4.79 Å². The maximum atomic E-state index is 11.8. The van der Waals surface area contributed by atoms with Crippen LogP contribution in [0.2, 0.25) is 5.02 Å². The Bertz CT molecular complexity index is 519. The third-order valence-corrected chi connectivity index (χ3v) is 2.98. The molecule has 1 heterocycles. The minimum atomic E-state index is 0.0542. The molecule has 4 heteroatoms. The van der Waals surface area contributed by atoms with E-state index in [1.165, 1.54) is 0 Å². The molecule has 0 bridgehead atoms. The first kappa shape index (κ1) is 11.2. The van der Waals surface area contributed by atoms with Crippen molar-refractivity contribution in [3.63, 3.8) is 0 Å². The van der Waals surface area contributed by atoms with Crippen LogP contribution in [0.5, 0.6) is 0 Å². The van der Waals surface area contributed by atoms with Gasteiger partial charge in [0.2, 0.25) is 0 Å². The van der Waals surface area contributed by atoms with Crippen LogP contribution in [0.4, 0.5) is 0 Å². The number of Topliss-reactive ketones (excluding diaryl/α,β-unsaturated/α-hetero) is 1. The number of hydrogen-bond acceptors (Lipinski definition) is 2. The highest BCUT2D eigenvalue weighted by Gasteiger charge is 2.12. The van der Waals surface area contributed by atoms with Crippen LogP contribution in [0.25, 0.3) is 10.9 Å². The van der Waals surface area contributed by atoms with Crippen LogP contribution in [0.1, 0.15) is 23.2 Å². The van der Waals surface area contributed by atoms with Crippen molar-refractivity contribution in [1.29, 1.82) is 0 Å². The van der Waals surface area contributed by atoms with Gasteiger partial charge >= 0.3 is 0 Å². The van der Waals surface area contributed by atoms with Gasteiger partial charge in [-0.25, -0.2) is 0 Å². The summed E-state index contributed by atoms with van der Waals surface area (Å²) in [6.45, 7) is 0.524. The number of nitrogens with two attached hydrogens (primary N) is 1. The Morgan fingerprint density at radius 3 is 2.94 bits per heavy atom. The second-order valence-corrected chi connectivity index (χ2v) is 4.06. The van der Waals surface area contributed by atoms with Crippen molar-refractivity contribution < 1.29 is 4.79 Å². The highest BCUT2D eigenvalue weighted by molar-refractivity contribution is 6.38. The molecule has 0 fully saturated rings. The molecule has 0 radical (unpaired) electrons. The number of carbonyl (C=O) groups excluding carboxylic acids is 1. The Morgan fingerprint density at radius 2 is 2.19 bits per heavy atom. The average molecular weight is 237 g/mol. The molecule has 84 valence electrons. The minimum Gasteiger partial charge on any atom is -0.361 e. The Balaban J connectivity index is 2.37. The van der Waals surface area contributed by atoms with Crippen molar-refractivity contribution in [1.82, 2.24) is 4.98 Å². The van der Waals surface area contributed by atoms with Crippen molar-refractivity contribution in [2.45, 2.75) is 12.8 Å². The normalized spacial score (nSPS) is 10.9. The van der Waals surface area contributed by atoms with Gasteiger partial charge in [0.25, 0.3) is 0 Å². The zero-order chi connectivity index (χ0) is 11.5. The van der Waals surface area contributed by atoms with Crippen LogP contribution in [-0.4, -0.2) is 17.3 Å². The van der Waals surface area contributed by atoms with E-state index in [-0.39, 0.29) is 5.78 Å². The number of benzene rings is 1.